The zero-order valence-corrected chi connectivity index (χ0v) is 14.1. The first-order valence-electron chi connectivity index (χ1n) is 6.14. The van der Waals surface area contributed by atoms with Gasteiger partial charge < -0.3 is 13.4 Å². The summed E-state index contributed by atoms with van der Waals surface area (Å²) in [6.45, 7) is 13.9. The molecule has 0 N–H and O–H groups in total. The van der Waals surface area contributed by atoms with Gasteiger partial charge in [0.2, 0.25) is 0 Å². The molecule has 0 aromatic rings. The summed E-state index contributed by atoms with van der Waals surface area (Å²) in [6, 6.07) is 1.08. The Labute approximate surface area is 103 Å². The van der Waals surface area contributed by atoms with Crippen LogP contribution in [0.15, 0.2) is 0 Å². The van der Waals surface area contributed by atoms with Crippen LogP contribution in [0.3, 0.4) is 0 Å². The normalized spacial score (nSPS) is 13.5. The van der Waals surface area contributed by atoms with Crippen LogP contribution in [0.25, 0.3) is 0 Å². The fourth-order valence-corrected chi connectivity index (χ4v) is 5.00. The molecule has 0 rings (SSSR count). The van der Waals surface area contributed by atoms with Crippen LogP contribution >= 0.6 is 0 Å². The fraction of sp³-hybridized carbons (Fsp3) is 1.00. The summed E-state index contributed by atoms with van der Waals surface area (Å²) in [7, 11) is 0.556. The van der Waals surface area contributed by atoms with Crippen molar-refractivity contribution in [2.45, 2.75) is 45.6 Å². The van der Waals surface area contributed by atoms with Gasteiger partial charge in [-0.2, -0.15) is 0 Å². The molecule has 0 spiro atoms. The van der Waals surface area contributed by atoms with Crippen LogP contribution in [-0.2, 0) is 8.85 Å². The third-order valence-corrected chi connectivity index (χ3v) is 8.68. The summed E-state index contributed by atoms with van der Waals surface area (Å²) in [4.78, 5) is 0. The lowest BCUT2D eigenvalue weighted by molar-refractivity contribution is 0.247. The summed E-state index contributed by atoms with van der Waals surface area (Å²) in [5, 5.41) is 0. The van der Waals surface area contributed by atoms with Crippen LogP contribution in [-0.4, -0.2) is 48.7 Å². The van der Waals surface area contributed by atoms with E-state index in [1.54, 1.807) is 14.2 Å². The van der Waals surface area contributed by atoms with Crippen LogP contribution < -0.4 is 0 Å². The molecule has 0 heterocycles. The van der Waals surface area contributed by atoms with Crippen LogP contribution in [0.2, 0.25) is 32.2 Å². The summed E-state index contributed by atoms with van der Waals surface area (Å²) >= 11 is 0. The van der Waals surface area contributed by atoms with E-state index in [1.165, 1.54) is 13.0 Å². The minimum Gasteiger partial charge on any atom is -0.398 e. The van der Waals surface area contributed by atoms with Gasteiger partial charge in [0, 0.05) is 14.2 Å². The lowest BCUT2D eigenvalue weighted by Gasteiger charge is -2.33. The number of hydrogen-bond donors (Lipinski definition) is 0. The Kier molecular flexibility index (Phi) is 7.04. The van der Waals surface area contributed by atoms with E-state index in [1.807, 2.05) is 0 Å². The summed E-state index contributed by atoms with van der Waals surface area (Å²) < 4.78 is 13.6. The maximum Gasteiger partial charge on any atom is 0.334 e. The third kappa shape index (κ3) is 5.59. The van der Waals surface area contributed by atoms with Crippen LogP contribution in [0.5, 0.6) is 0 Å². The molecule has 16 heavy (non-hydrogen) atoms. The van der Waals surface area contributed by atoms with Crippen molar-refractivity contribution in [3.8, 4) is 0 Å². The maximum atomic E-state index is 5.50. The Hall–Kier alpha value is 0.314. The molecular formula is C11H29NO2Si2. The number of rotatable bonds is 8. The Balaban J connectivity index is 4.05. The second kappa shape index (κ2) is 6.91. The topological polar surface area (TPSA) is 21.7 Å². The highest BCUT2D eigenvalue weighted by molar-refractivity contribution is 6.73. The van der Waals surface area contributed by atoms with E-state index in [-0.39, 0.29) is 0 Å². The zero-order valence-electron chi connectivity index (χ0n) is 12.1. The van der Waals surface area contributed by atoms with Gasteiger partial charge in [-0.15, -0.1) is 0 Å². The van der Waals surface area contributed by atoms with Crippen molar-refractivity contribution in [3.05, 3.63) is 0 Å². The largest absolute Gasteiger partial charge is 0.398 e. The minimum atomic E-state index is -1.85. The highest BCUT2D eigenvalue weighted by atomic mass is 28.4. The Morgan fingerprint density at radius 2 is 1.50 bits per heavy atom. The SMILES string of the molecule is CCN(CCC[Si](C)(OC)OC)[Si](C)(C)C. The monoisotopic (exact) mass is 263 g/mol. The van der Waals surface area contributed by atoms with E-state index in [0.717, 1.165) is 12.6 Å². The Morgan fingerprint density at radius 3 is 1.81 bits per heavy atom. The Bertz CT molecular complexity index is 191. The van der Waals surface area contributed by atoms with Gasteiger partial charge in [0.05, 0.1) is 0 Å². The van der Waals surface area contributed by atoms with Crippen molar-refractivity contribution in [1.82, 2.24) is 4.57 Å². The van der Waals surface area contributed by atoms with Crippen molar-refractivity contribution in [2.75, 3.05) is 27.3 Å². The molecule has 98 valence electrons. The molecule has 0 aliphatic heterocycles. The molecule has 0 aliphatic rings. The van der Waals surface area contributed by atoms with Crippen molar-refractivity contribution in [3.63, 3.8) is 0 Å². The van der Waals surface area contributed by atoms with Gasteiger partial charge in [-0.05, 0) is 32.1 Å². The van der Waals surface area contributed by atoms with Gasteiger partial charge in [0.1, 0.15) is 8.24 Å². The summed E-state index contributed by atoms with van der Waals surface area (Å²) in [5.41, 5.74) is 0. The first-order chi connectivity index (χ1) is 7.29. The van der Waals surface area contributed by atoms with Crippen LogP contribution in [0, 0.1) is 0 Å². The van der Waals surface area contributed by atoms with Crippen molar-refractivity contribution in [2.24, 2.45) is 0 Å². The highest BCUT2D eigenvalue weighted by Gasteiger charge is 2.29. The predicted molar refractivity (Wildman–Crippen MR) is 75.7 cm³/mol. The molecule has 0 atom stereocenters. The molecule has 0 amide bonds. The molecule has 0 aliphatic carbocycles. The molecule has 0 saturated heterocycles. The van der Waals surface area contributed by atoms with Gasteiger partial charge in [-0.25, -0.2) is 0 Å². The van der Waals surface area contributed by atoms with Gasteiger partial charge in [0.25, 0.3) is 0 Å². The number of nitrogens with zero attached hydrogens (tertiary/aromatic N) is 1. The molecule has 0 aromatic heterocycles. The molecule has 0 aromatic carbocycles. The molecule has 0 fully saturated rings. The van der Waals surface area contributed by atoms with E-state index in [2.05, 4.69) is 37.7 Å². The predicted octanol–water partition coefficient (Wildman–Crippen LogP) is 2.90. The quantitative estimate of drug-likeness (QED) is 0.629. The first-order valence-corrected chi connectivity index (χ1v) is 12.1. The van der Waals surface area contributed by atoms with E-state index >= 15 is 0 Å². The standard InChI is InChI=1S/C11H29NO2Si2/c1-8-12(15(4,5)6)10-9-11-16(7,13-2)14-3/h8-11H2,1-7H3. The minimum absolute atomic E-state index is 1.08. The molecular weight excluding hydrogens is 234 g/mol. The summed E-state index contributed by atoms with van der Waals surface area (Å²) in [6.07, 6.45) is 1.18. The van der Waals surface area contributed by atoms with Gasteiger partial charge in [-0.3, -0.25) is 0 Å². The molecule has 0 unspecified atom stereocenters. The molecule has 0 saturated carbocycles. The van der Waals surface area contributed by atoms with E-state index < -0.39 is 16.8 Å². The average Bonchev–Trinajstić information content (AvgIpc) is 2.22. The van der Waals surface area contributed by atoms with Gasteiger partial charge in [0.15, 0.2) is 0 Å². The van der Waals surface area contributed by atoms with Crippen molar-refractivity contribution in [1.29, 1.82) is 0 Å². The zero-order chi connectivity index (χ0) is 12.8. The molecule has 3 nitrogen and oxygen atoms in total. The van der Waals surface area contributed by atoms with Crippen LogP contribution in [0.1, 0.15) is 13.3 Å². The van der Waals surface area contributed by atoms with Gasteiger partial charge in [-0.1, -0.05) is 26.6 Å². The van der Waals surface area contributed by atoms with Crippen LogP contribution in [0.4, 0.5) is 0 Å². The van der Waals surface area contributed by atoms with Crippen molar-refractivity contribution >= 4 is 16.8 Å². The average molecular weight is 264 g/mol. The smallest absolute Gasteiger partial charge is 0.334 e. The molecule has 0 bridgehead atoms. The van der Waals surface area contributed by atoms with E-state index in [9.17, 15) is 0 Å². The maximum absolute atomic E-state index is 5.50. The lowest BCUT2D eigenvalue weighted by Crippen LogP contribution is -2.47. The number of hydrogen-bond acceptors (Lipinski definition) is 3. The van der Waals surface area contributed by atoms with Gasteiger partial charge >= 0.3 is 8.56 Å². The second-order valence-corrected chi connectivity index (χ2v) is 14.0. The lowest BCUT2D eigenvalue weighted by atomic mass is 10.5. The van der Waals surface area contributed by atoms with E-state index in [0.29, 0.717) is 0 Å². The molecule has 5 heteroatoms. The Morgan fingerprint density at radius 1 is 1.00 bits per heavy atom. The fourth-order valence-electron chi connectivity index (χ4n) is 1.85. The van der Waals surface area contributed by atoms with Crippen molar-refractivity contribution < 1.29 is 8.85 Å². The van der Waals surface area contributed by atoms with E-state index in [4.69, 9.17) is 8.85 Å². The first kappa shape index (κ1) is 16.3. The molecule has 0 radical (unpaired) electrons. The highest BCUT2D eigenvalue weighted by Crippen LogP contribution is 2.16. The summed E-state index contributed by atoms with van der Waals surface area (Å²) in [5.74, 6) is 0. The second-order valence-electron chi connectivity index (χ2n) is 5.40. The third-order valence-electron chi connectivity index (χ3n) is 3.25.